The number of hydrogen-bond acceptors (Lipinski definition) is 5. The van der Waals surface area contributed by atoms with Crippen molar-refractivity contribution in [2.24, 2.45) is 5.92 Å². The molecule has 164 valence electrons. The SMILES string of the molecule is CC1=C(C(=O)O)C(c2cccc3ccccc23)(C2CC2)n2nnnc2N1Cc1ccccc1. The Morgan fingerprint density at radius 3 is 2.52 bits per heavy atom. The van der Waals surface area contributed by atoms with Crippen LogP contribution in [0.5, 0.6) is 0 Å². The Bertz CT molecular complexity index is 1400. The third kappa shape index (κ3) is 2.81. The monoisotopic (exact) mass is 437 g/mol. The molecule has 33 heavy (non-hydrogen) atoms. The highest BCUT2D eigenvalue weighted by molar-refractivity contribution is 5.96. The first-order chi connectivity index (χ1) is 16.1. The number of aromatic nitrogens is 4. The lowest BCUT2D eigenvalue weighted by Crippen LogP contribution is -2.50. The van der Waals surface area contributed by atoms with Crippen molar-refractivity contribution in [2.45, 2.75) is 31.8 Å². The van der Waals surface area contributed by atoms with E-state index in [0.29, 0.717) is 23.8 Å². The molecule has 1 aliphatic heterocycles. The number of tetrazole rings is 1. The molecule has 0 saturated heterocycles. The Hall–Kier alpha value is -4.00. The van der Waals surface area contributed by atoms with E-state index in [1.807, 2.05) is 66.4 Å². The van der Waals surface area contributed by atoms with Crippen molar-refractivity contribution in [3.63, 3.8) is 0 Å². The minimum atomic E-state index is -0.969. The summed E-state index contributed by atoms with van der Waals surface area (Å²) in [6.45, 7) is 2.37. The van der Waals surface area contributed by atoms with Crippen LogP contribution in [-0.2, 0) is 16.9 Å². The third-order valence-electron chi connectivity index (χ3n) is 6.94. The number of carboxylic acids is 1. The topological polar surface area (TPSA) is 84.1 Å². The van der Waals surface area contributed by atoms with Gasteiger partial charge in [0.05, 0.1) is 12.1 Å². The van der Waals surface area contributed by atoms with Crippen LogP contribution in [0.2, 0.25) is 0 Å². The Morgan fingerprint density at radius 1 is 1.03 bits per heavy atom. The van der Waals surface area contributed by atoms with Crippen molar-refractivity contribution < 1.29 is 9.90 Å². The first-order valence-corrected chi connectivity index (χ1v) is 11.2. The van der Waals surface area contributed by atoms with E-state index in [1.165, 1.54) is 0 Å². The number of benzene rings is 3. The van der Waals surface area contributed by atoms with Crippen LogP contribution in [0.15, 0.2) is 84.1 Å². The van der Waals surface area contributed by atoms with E-state index in [1.54, 1.807) is 4.68 Å². The zero-order valence-electron chi connectivity index (χ0n) is 18.2. The number of aliphatic carboxylic acids is 1. The average molecular weight is 438 g/mol. The van der Waals surface area contributed by atoms with Crippen molar-refractivity contribution >= 4 is 22.7 Å². The van der Waals surface area contributed by atoms with Crippen LogP contribution in [0, 0.1) is 5.92 Å². The van der Waals surface area contributed by atoms with Gasteiger partial charge in [-0.25, -0.2) is 4.79 Å². The quantitative estimate of drug-likeness (QED) is 0.499. The zero-order chi connectivity index (χ0) is 22.6. The maximum atomic E-state index is 13.0. The van der Waals surface area contributed by atoms with Gasteiger partial charge < -0.3 is 10.0 Å². The smallest absolute Gasteiger partial charge is 0.336 e. The van der Waals surface area contributed by atoms with Gasteiger partial charge in [-0.2, -0.15) is 4.68 Å². The van der Waals surface area contributed by atoms with Gasteiger partial charge in [0.15, 0.2) is 0 Å². The maximum Gasteiger partial charge on any atom is 0.336 e. The second kappa shape index (κ2) is 7.27. The molecule has 1 aromatic heterocycles. The number of nitrogens with zero attached hydrogens (tertiary/aromatic N) is 5. The van der Waals surface area contributed by atoms with Crippen LogP contribution in [0.4, 0.5) is 5.95 Å². The molecule has 1 unspecified atom stereocenters. The van der Waals surface area contributed by atoms with Gasteiger partial charge in [-0.3, -0.25) is 0 Å². The lowest BCUT2D eigenvalue weighted by atomic mass is 9.74. The fourth-order valence-corrected chi connectivity index (χ4v) is 5.42. The van der Waals surface area contributed by atoms with E-state index < -0.39 is 11.5 Å². The number of anilines is 1. The van der Waals surface area contributed by atoms with Crippen molar-refractivity contribution in [3.05, 3.63) is 95.2 Å². The predicted molar refractivity (Wildman–Crippen MR) is 125 cm³/mol. The van der Waals surface area contributed by atoms with E-state index in [9.17, 15) is 9.90 Å². The van der Waals surface area contributed by atoms with E-state index in [2.05, 4.69) is 33.7 Å². The molecule has 0 radical (unpaired) electrons. The maximum absolute atomic E-state index is 13.0. The minimum Gasteiger partial charge on any atom is -0.478 e. The number of carbonyl (C=O) groups is 1. The van der Waals surface area contributed by atoms with Crippen LogP contribution in [0.25, 0.3) is 10.8 Å². The van der Waals surface area contributed by atoms with Gasteiger partial charge in [-0.05, 0) is 58.0 Å². The first-order valence-electron chi connectivity index (χ1n) is 11.2. The van der Waals surface area contributed by atoms with E-state index in [0.717, 1.165) is 34.7 Å². The second-order valence-electron chi connectivity index (χ2n) is 8.80. The Kier molecular flexibility index (Phi) is 4.33. The van der Waals surface area contributed by atoms with Gasteiger partial charge in [-0.1, -0.05) is 77.9 Å². The fourth-order valence-electron chi connectivity index (χ4n) is 5.42. The first kappa shape index (κ1) is 19.7. The van der Waals surface area contributed by atoms with Gasteiger partial charge in [0.25, 0.3) is 5.95 Å². The fraction of sp³-hybridized carbons (Fsp3) is 0.231. The largest absolute Gasteiger partial charge is 0.478 e. The summed E-state index contributed by atoms with van der Waals surface area (Å²) in [5.41, 5.74) is 2.04. The molecule has 0 bridgehead atoms. The summed E-state index contributed by atoms with van der Waals surface area (Å²) in [5.74, 6) is -0.266. The molecular formula is C26H23N5O2. The summed E-state index contributed by atoms with van der Waals surface area (Å²) in [6.07, 6.45) is 1.84. The molecule has 7 nitrogen and oxygen atoms in total. The summed E-state index contributed by atoms with van der Waals surface area (Å²) < 4.78 is 1.77. The highest BCUT2D eigenvalue weighted by Crippen LogP contribution is 2.57. The highest BCUT2D eigenvalue weighted by Gasteiger charge is 2.59. The standard InChI is InChI=1S/C26H23N5O2/c1-17-23(24(32)33)26(20-14-15-20,22-13-7-11-19-10-5-6-12-21(19)22)31-25(27-28-29-31)30(17)16-18-8-3-2-4-9-18/h2-13,20H,14-16H2,1H3,(H,32,33). The summed E-state index contributed by atoms with van der Waals surface area (Å²) in [5, 5.41) is 25.6. The van der Waals surface area contributed by atoms with Gasteiger partial charge in [0, 0.05) is 5.70 Å². The lowest BCUT2D eigenvalue weighted by Gasteiger charge is -2.43. The van der Waals surface area contributed by atoms with E-state index in [-0.39, 0.29) is 5.92 Å². The molecule has 1 N–H and O–H groups in total. The highest BCUT2D eigenvalue weighted by atomic mass is 16.4. The molecule has 2 heterocycles. The van der Waals surface area contributed by atoms with Gasteiger partial charge in [0.1, 0.15) is 5.54 Å². The number of hydrogen-bond donors (Lipinski definition) is 1. The molecule has 1 atom stereocenters. The Morgan fingerprint density at radius 2 is 1.76 bits per heavy atom. The zero-order valence-corrected chi connectivity index (χ0v) is 18.2. The molecule has 1 fully saturated rings. The molecule has 3 aromatic carbocycles. The molecular weight excluding hydrogens is 414 g/mol. The second-order valence-corrected chi connectivity index (χ2v) is 8.80. The molecule has 7 heteroatoms. The third-order valence-corrected chi connectivity index (χ3v) is 6.94. The van der Waals surface area contributed by atoms with Crippen molar-refractivity contribution in [1.29, 1.82) is 0 Å². The Balaban J connectivity index is 1.66. The van der Waals surface area contributed by atoms with Crippen LogP contribution < -0.4 is 4.90 Å². The number of fused-ring (bicyclic) bond motifs is 2. The van der Waals surface area contributed by atoms with E-state index >= 15 is 0 Å². The molecule has 0 spiro atoms. The van der Waals surface area contributed by atoms with Gasteiger partial charge >= 0.3 is 5.97 Å². The van der Waals surface area contributed by atoms with Crippen molar-refractivity contribution in [2.75, 3.05) is 4.90 Å². The Labute approximate surface area is 191 Å². The average Bonchev–Trinajstić information content (AvgIpc) is 3.57. The van der Waals surface area contributed by atoms with Crippen LogP contribution in [0.3, 0.4) is 0 Å². The lowest BCUT2D eigenvalue weighted by molar-refractivity contribution is -0.134. The summed E-state index contributed by atoms with van der Waals surface area (Å²) in [6, 6.07) is 24.2. The molecule has 1 aliphatic carbocycles. The molecule has 2 aliphatic rings. The van der Waals surface area contributed by atoms with Crippen molar-refractivity contribution in [1.82, 2.24) is 20.2 Å². The summed E-state index contributed by atoms with van der Waals surface area (Å²) in [4.78, 5) is 14.9. The van der Waals surface area contributed by atoms with Gasteiger partial charge in [0.2, 0.25) is 0 Å². The number of allylic oxidation sites excluding steroid dienone is 1. The number of carboxylic acid groups (broad SMARTS) is 1. The summed E-state index contributed by atoms with van der Waals surface area (Å²) >= 11 is 0. The molecule has 0 amide bonds. The van der Waals surface area contributed by atoms with E-state index in [4.69, 9.17) is 0 Å². The van der Waals surface area contributed by atoms with Crippen LogP contribution in [0.1, 0.15) is 30.9 Å². The number of rotatable bonds is 5. The molecule has 4 aromatic rings. The normalized spacial score (nSPS) is 20.2. The minimum absolute atomic E-state index is 0.102. The molecule has 1 saturated carbocycles. The van der Waals surface area contributed by atoms with Crippen molar-refractivity contribution in [3.8, 4) is 0 Å². The van der Waals surface area contributed by atoms with Crippen LogP contribution >= 0.6 is 0 Å². The van der Waals surface area contributed by atoms with Gasteiger partial charge in [-0.15, -0.1) is 0 Å². The summed E-state index contributed by atoms with van der Waals surface area (Å²) in [7, 11) is 0. The molecule has 6 rings (SSSR count). The van der Waals surface area contributed by atoms with Crippen LogP contribution in [-0.4, -0.2) is 31.3 Å². The predicted octanol–water partition coefficient (Wildman–Crippen LogP) is 4.36.